The standard InChI is InChI=1S/C22H27ClN2O4/c1-4-11-24-21(26)15-7-9-17(10-8-15)25-22(27)16-13-18(23)20(29-12-5-2)19(14-16)28-6-3/h7-10,13-14H,4-6,11-12H2,1-3H3,(H,24,26)(H,25,27). The number of carbonyl (C=O) groups is 2. The molecule has 2 aromatic rings. The van der Waals surface area contributed by atoms with Gasteiger partial charge in [-0.2, -0.15) is 0 Å². The summed E-state index contributed by atoms with van der Waals surface area (Å²) in [5.41, 5.74) is 1.46. The van der Waals surface area contributed by atoms with Gasteiger partial charge in [-0.3, -0.25) is 9.59 Å². The maximum absolute atomic E-state index is 12.7. The van der Waals surface area contributed by atoms with Crippen LogP contribution in [0.25, 0.3) is 0 Å². The van der Waals surface area contributed by atoms with E-state index in [1.165, 1.54) is 0 Å². The minimum absolute atomic E-state index is 0.138. The van der Waals surface area contributed by atoms with Crippen molar-refractivity contribution in [2.24, 2.45) is 0 Å². The Morgan fingerprint density at radius 1 is 0.931 bits per heavy atom. The van der Waals surface area contributed by atoms with Crippen molar-refractivity contribution >= 4 is 29.1 Å². The number of rotatable bonds is 10. The Hall–Kier alpha value is -2.73. The van der Waals surface area contributed by atoms with Crippen LogP contribution in [0, 0.1) is 0 Å². The molecule has 7 heteroatoms. The third kappa shape index (κ3) is 6.39. The van der Waals surface area contributed by atoms with Crippen molar-refractivity contribution in [2.75, 3.05) is 25.1 Å². The van der Waals surface area contributed by atoms with Crippen LogP contribution in [-0.4, -0.2) is 31.6 Å². The van der Waals surface area contributed by atoms with Crippen LogP contribution in [0.15, 0.2) is 36.4 Å². The Balaban J connectivity index is 2.14. The van der Waals surface area contributed by atoms with E-state index in [0.717, 1.165) is 12.8 Å². The molecule has 0 aliphatic rings. The first-order valence-corrected chi connectivity index (χ1v) is 10.2. The lowest BCUT2D eigenvalue weighted by atomic mass is 10.1. The van der Waals surface area contributed by atoms with Crippen LogP contribution < -0.4 is 20.1 Å². The van der Waals surface area contributed by atoms with Crippen LogP contribution in [0.2, 0.25) is 5.02 Å². The third-order valence-corrected chi connectivity index (χ3v) is 4.24. The van der Waals surface area contributed by atoms with Crippen LogP contribution >= 0.6 is 11.6 Å². The molecule has 0 unspecified atom stereocenters. The first-order valence-electron chi connectivity index (χ1n) is 9.78. The zero-order valence-corrected chi connectivity index (χ0v) is 17.8. The minimum atomic E-state index is -0.335. The molecule has 0 heterocycles. The molecule has 29 heavy (non-hydrogen) atoms. The predicted octanol–water partition coefficient (Wildman–Crippen LogP) is 4.92. The molecule has 0 saturated carbocycles. The maximum Gasteiger partial charge on any atom is 0.255 e. The van der Waals surface area contributed by atoms with Gasteiger partial charge >= 0.3 is 0 Å². The molecule has 0 bridgehead atoms. The van der Waals surface area contributed by atoms with Crippen LogP contribution in [0.1, 0.15) is 54.3 Å². The summed E-state index contributed by atoms with van der Waals surface area (Å²) in [6.45, 7) is 7.38. The van der Waals surface area contributed by atoms with Gasteiger partial charge in [-0.25, -0.2) is 0 Å². The fraction of sp³-hybridized carbons (Fsp3) is 0.364. The monoisotopic (exact) mass is 418 g/mol. The summed E-state index contributed by atoms with van der Waals surface area (Å²) in [4.78, 5) is 24.6. The molecule has 2 amide bonds. The second kappa shape index (κ2) is 11.3. The lowest BCUT2D eigenvalue weighted by Gasteiger charge is -2.15. The van der Waals surface area contributed by atoms with Gasteiger partial charge in [0.1, 0.15) is 0 Å². The highest BCUT2D eigenvalue weighted by atomic mass is 35.5. The van der Waals surface area contributed by atoms with E-state index < -0.39 is 0 Å². The summed E-state index contributed by atoms with van der Waals surface area (Å²) in [6.07, 6.45) is 1.70. The van der Waals surface area contributed by atoms with E-state index in [-0.39, 0.29) is 11.8 Å². The SMILES string of the molecule is CCCNC(=O)c1ccc(NC(=O)c2cc(Cl)c(OCCC)c(OCC)c2)cc1. The first-order chi connectivity index (χ1) is 14.0. The van der Waals surface area contributed by atoms with Gasteiger partial charge in [-0.1, -0.05) is 25.4 Å². The summed E-state index contributed by atoms with van der Waals surface area (Å²) in [7, 11) is 0. The summed E-state index contributed by atoms with van der Waals surface area (Å²) >= 11 is 6.32. The molecule has 6 nitrogen and oxygen atoms in total. The number of benzene rings is 2. The van der Waals surface area contributed by atoms with Crippen molar-refractivity contribution in [1.29, 1.82) is 0 Å². The van der Waals surface area contributed by atoms with Gasteiger partial charge in [0, 0.05) is 23.4 Å². The van der Waals surface area contributed by atoms with Crippen molar-refractivity contribution in [3.05, 3.63) is 52.5 Å². The number of anilines is 1. The van der Waals surface area contributed by atoms with Crippen molar-refractivity contribution in [1.82, 2.24) is 5.32 Å². The van der Waals surface area contributed by atoms with Gasteiger partial charge in [0.2, 0.25) is 0 Å². The van der Waals surface area contributed by atoms with Crippen molar-refractivity contribution in [3.63, 3.8) is 0 Å². The zero-order chi connectivity index (χ0) is 21.2. The second-order valence-electron chi connectivity index (χ2n) is 6.35. The average Bonchev–Trinajstić information content (AvgIpc) is 2.72. The van der Waals surface area contributed by atoms with Crippen molar-refractivity contribution in [3.8, 4) is 11.5 Å². The molecule has 0 fully saturated rings. The predicted molar refractivity (Wildman–Crippen MR) is 115 cm³/mol. The molecule has 0 saturated heterocycles. The topological polar surface area (TPSA) is 76.7 Å². The molecule has 0 spiro atoms. The number of hydrogen-bond acceptors (Lipinski definition) is 4. The first kappa shape index (κ1) is 22.6. The Bertz CT molecular complexity index is 837. The van der Waals surface area contributed by atoms with Crippen LogP contribution in [0.3, 0.4) is 0 Å². The zero-order valence-electron chi connectivity index (χ0n) is 17.0. The van der Waals surface area contributed by atoms with E-state index in [0.29, 0.717) is 53.1 Å². The molecule has 2 aromatic carbocycles. The number of nitrogens with one attached hydrogen (secondary N) is 2. The fourth-order valence-electron chi connectivity index (χ4n) is 2.56. The Morgan fingerprint density at radius 2 is 1.66 bits per heavy atom. The second-order valence-corrected chi connectivity index (χ2v) is 6.76. The summed E-state index contributed by atoms with van der Waals surface area (Å²) in [5, 5.41) is 5.93. The largest absolute Gasteiger partial charge is 0.490 e. The van der Waals surface area contributed by atoms with E-state index in [1.807, 2.05) is 20.8 Å². The van der Waals surface area contributed by atoms with Gasteiger partial charge in [0.25, 0.3) is 11.8 Å². The quantitative estimate of drug-likeness (QED) is 0.574. The number of ether oxygens (including phenoxy) is 2. The van der Waals surface area contributed by atoms with Crippen molar-refractivity contribution in [2.45, 2.75) is 33.6 Å². The molecule has 0 atom stereocenters. The average molecular weight is 419 g/mol. The van der Waals surface area contributed by atoms with E-state index in [1.54, 1.807) is 36.4 Å². The van der Waals surface area contributed by atoms with Crippen molar-refractivity contribution < 1.29 is 19.1 Å². The number of halogens is 1. The number of hydrogen-bond donors (Lipinski definition) is 2. The smallest absolute Gasteiger partial charge is 0.255 e. The van der Waals surface area contributed by atoms with Gasteiger partial charge in [0.05, 0.1) is 18.2 Å². The molecular weight excluding hydrogens is 392 g/mol. The number of amides is 2. The Morgan fingerprint density at radius 3 is 2.28 bits per heavy atom. The maximum atomic E-state index is 12.7. The highest BCUT2D eigenvalue weighted by molar-refractivity contribution is 6.32. The molecule has 0 radical (unpaired) electrons. The Labute approximate surface area is 176 Å². The number of carbonyl (C=O) groups excluding carboxylic acids is 2. The highest BCUT2D eigenvalue weighted by Gasteiger charge is 2.16. The molecule has 0 aliphatic carbocycles. The van der Waals surface area contributed by atoms with Crippen LogP contribution in [-0.2, 0) is 0 Å². The normalized spacial score (nSPS) is 10.3. The van der Waals surface area contributed by atoms with Gasteiger partial charge < -0.3 is 20.1 Å². The lowest BCUT2D eigenvalue weighted by Crippen LogP contribution is -2.23. The molecule has 2 N–H and O–H groups in total. The van der Waals surface area contributed by atoms with Crippen LogP contribution in [0.4, 0.5) is 5.69 Å². The highest BCUT2D eigenvalue weighted by Crippen LogP contribution is 2.37. The van der Waals surface area contributed by atoms with E-state index in [9.17, 15) is 9.59 Å². The summed E-state index contributed by atoms with van der Waals surface area (Å²) in [5.74, 6) is 0.398. The van der Waals surface area contributed by atoms with Gasteiger partial charge in [-0.05, 0) is 56.2 Å². The summed E-state index contributed by atoms with van der Waals surface area (Å²) in [6, 6.07) is 9.87. The van der Waals surface area contributed by atoms with E-state index in [2.05, 4.69) is 10.6 Å². The fourth-order valence-corrected chi connectivity index (χ4v) is 2.82. The minimum Gasteiger partial charge on any atom is -0.490 e. The lowest BCUT2D eigenvalue weighted by molar-refractivity contribution is 0.0953. The Kier molecular flexibility index (Phi) is 8.80. The van der Waals surface area contributed by atoms with E-state index in [4.69, 9.17) is 21.1 Å². The molecular formula is C22H27ClN2O4. The molecule has 2 rings (SSSR count). The van der Waals surface area contributed by atoms with E-state index >= 15 is 0 Å². The van der Waals surface area contributed by atoms with Gasteiger partial charge in [0.15, 0.2) is 11.5 Å². The van der Waals surface area contributed by atoms with Gasteiger partial charge in [-0.15, -0.1) is 0 Å². The molecule has 0 aromatic heterocycles. The summed E-state index contributed by atoms with van der Waals surface area (Å²) < 4.78 is 11.3. The molecule has 0 aliphatic heterocycles. The van der Waals surface area contributed by atoms with Crippen LogP contribution in [0.5, 0.6) is 11.5 Å². The molecule has 156 valence electrons. The third-order valence-electron chi connectivity index (χ3n) is 3.96.